The van der Waals surface area contributed by atoms with Gasteiger partial charge in [0, 0.05) is 42.7 Å². The lowest BCUT2D eigenvalue weighted by Gasteiger charge is -2.18. The zero-order valence-corrected chi connectivity index (χ0v) is 12.4. The van der Waals surface area contributed by atoms with Gasteiger partial charge in [0.2, 0.25) is 0 Å². The van der Waals surface area contributed by atoms with Crippen molar-refractivity contribution in [3.63, 3.8) is 0 Å². The van der Waals surface area contributed by atoms with Gasteiger partial charge < -0.3 is 16.0 Å². The van der Waals surface area contributed by atoms with E-state index in [-0.39, 0.29) is 1.43 Å². The molecule has 3 N–H and O–H groups in total. The Labute approximate surface area is 107 Å². The molecule has 0 aromatic rings. The van der Waals surface area contributed by atoms with Gasteiger partial charge >= 0.3 is 0 Å². The Hall–Kier alpha value is -1.39. The van der Waals surface area contributed by atoms with Crippen LogP contribution in [0.25, 0.3) is 0 Å². The topological polar surface area (TPSA) is 78.4 Å². The number of hydrogen-bond acceptors (Lipinski definition) is 4. The Kier molecular flexibility index (Phi) is 21.0. The van der Waals surface area contributed by atoms with Crippen LogP contribution in [0.2, 0.25) is 0 Å². The van der Waals surface area contributed by atoms with Gasteiger partial charge in [0.25, 0.3) is 0 Å². The van der Waals surface area contributed by atoms with E-state index in [1.807, 2.05) is 19.0 Å². The van der Waals surface area contributed by atoms with Gasteiger partial charge in [-0.15, -0.1) is 0 Å². The molecular weight excluding hydrogens is 216 g/mol. The maximum Gasteiger partial charge on any atom is 0.193 e. The lowest BCUT2D eigenvalue weighted by Crippen LogP contribution is -2.40. The number of nitrogens with zero attached hydrogens (tertiary/aromatic N) is 4. The van der Waals surface area contributed by atoms with Gasteiger partial charge in [-0.3, -0.25) is 4.99 Å². The summed E-state index contributed by atoms with van der Waals surface area (Å²) in [6.07, 6.45) is 0. The van der Waals surface area contributed by atoms with E-state index >= 15 is 0 Å². The first-order valence-electron chi connectivity index (χ1n) is 5.40. The van der Waals surface area contributed by atoms with E-state index in [0.717, 1.165) is 5.96 Å². The SMILES string of the molecule is CN.CN=C(NC(C)C)N(C)C.CN=C=NC.[2HH]. The van der Waals surface area contributed by atoms with Crippen molar-refractivity contribution in [2.75, 3.05) is 42.3 Å². The number of aliphatic imine (C=N–C) groups is 3. The van der Waals surface area contributed by atoms with E-state index in [1.54, 1.807) is 21.1 Å². The van der Waals surface area contributed by atoms with Crippen molar-refractivity contribution in [1.29, 1.82) is 0 Å². The van der Waals surface area contributed by atoms with Crippen molar-refractivity contribution >= 4 is 12.0 Å². The zero-order valence-electron chi connectivity index (χ0n) is 12.4. The highest BCUT2D eigenvalue weighted by Gasteiger charge is 1.99. The highest BCUT2D eigenvalue weighted by molar-refractivity contribution is 5.79. The molecule has 0 radical (unpaired) electrons. The summed E-state index contributed by atoms with van der Waals surface area (Å²) in [5, 5.41) is 3.20. The Bertz CT molecular complexity index is 226. The molecule has 0 spiro atoms. The van der Waals surface area contributed by atoms with Crippen molar-refractivity contribution in [3.05, 3.63) is 0 Å². The predicted molar refractivity (Wildman–Crippen MR) is 79.3 cm³/mol. The van der Waals surface area contributed by atoms with E-state index in [4.69, 9.17) is 0 Å². The van der Waals surface area contributed by atoms with Gasteiger partial charge in [0.1, 0.15) is 0 Å². The highest BCUT2D eigenvalue weighted by atomic mass is 15.3. The van der Waals surface area contributed by atoms with Gasteiger partial charge in [-0.2, -0.15) is 0 Å². The second-order valence-corrected chi connectivity index (χ2v) is 3.29. The van der Waals surface area contributed by atoms with Gasteiger partial charge in [-0.1, -0.05) is 0 Å². The molecule has 17 heavy (non-hydrogen) atoms. The largest absolute Gasteiger partial charge is 0.354 e. The minimum absolute atomic E-state index is 0. The first-order valence-corrected chi connectivity index (χ1v) is 5.40. The van der Waals surface area contributed by atoms with Crippen LogP contribution in [0, 0.1) is 0 Å². The Morgan fingerprint density at radius 3 is 1.65 bits per heavy atom. The molecule has 6 heteroatoms. The number of hydrogen-bond donors (Lipinski definition) is 2. The molecule has 0 saturated carbocycles. The first kappa shape index (κ1) is 21.0. The van der Waals surface area contributed by atoms with Gasteiger partial charge in [0.15, 0.2) is 5.96 Å². The summed E-state index contributed by atoms with van der Waals surface area (Å²) in [7, 11) is 10.5. The van der Waals surface area contributed by atoms with E-state index in [2.05, 4.69) is 45.9 Å². The van der Waals surface area contributed by atoms with Crippen molar-refractivity contribution in [3.8, 4) is 0 Å². The summed E-state index contributed by atoms with van der Waals surface area (Å²) >= 11 is 0. The predicted octanol–water partition coefficient (Wildman–Crippen LogP) is 0.773. The molecule has 0 amide bonds. The Balaban J connectivity index is -0.000000105. The summed E-state index contributed by atoms with van der Waals surface area (Å²) in [4.78, 5) is 12.9. The van der Waals surface area contributed by atoms with Crippen LogP contribution < -0.4 is 11.1 Å². The highest BCUT2D eigenvalue weighted by Crippen LogP contribution is 1.82. The molecule has 0 aliphatic rings. The van der Waals surface area contributed by atoms with Crippen LogP contribution in [0.3, 0.4) is 0 Å². The normalized spacial score (nSPS) is 8.94. The fourth-order valence-corrected chi connectivity index (χ4v) is 0.752. The molecule has 0 unspecified atom stereocenters. The fourth-order valence-electron chi connectivity index (χ4n) is 0.752. The van der Waals surface area contributed by atoms with Crippen LogP contribution in [0.1, 0.15) is 15.3 Å². The van der Waals surface area contributed by atoms with Crippen molar-refractivity contribution < 1.29 is 1.43 Å². The minimum atomic E-state index is 0. The quantitative estimate of drug-likeness (QED) is 0.531. The average molecular weight is 247 g/mol. The van der Waals surface area contributed by atoms with Gasteiger partial charge in [0.05, 0.1) is 6.01 Å². The van der Waals surface area contributed by atoms with E-state index in [0.29, 0.717) is 6.04 Å². The molecule has 0 atom stereocenters. The summed E-state index contributed by atoms with van der Waals surface area (Å²) in [5.41, 5.74) is 4.50. The van der Waals surface area contributed by atoms with Crippen LogP contribution in [-0.2, 0) is 0 Å². The molecule has 0 saturated heterocycles. The monoisotopic (exact) mass is 247 g/mol. The minimum Gasteiger partial charge on any atom is -0.354 e. The van der Waals surface area contributed by atoms with Gasteiger partial charge in [-0.25, -0.2) is 9.98 Å². The van der Waals surface area contributed by atoms with Crippen LogP contribution in [-0.4, -0.2) is 65.2 Å². The number of nitrogens with one attached hydrogen (secondary N) is 1. The number of rotatable bonds is 1. The molecular formula is C11H30N6. The maximum absolute atomic E-state index is 4.50. The molecule has 0 aliphatic heterocycles. The lowest BCUT2D eigenvalue weighted by atomic mass is 10.4. The fraction of sp³-hybridized carbons (Fsp3) is 0.818. The smallest absolute Gasteiger partial charge is 0.193 e. The molecule has 0 fully saturated rings. The third-order valence-electron chi connectivity index (χ3n) is 1.25. The van der Waals surface area contributed by atoms with Crippen LogP contribution in [0.15, 0.2) is 15.0 Å². The van der Waals surface area contributed by atoms with Gasteiger partial charge in [-0.05, 0) is 20.9 Å². The molecule has 0 aliphatic carbocycles. The Morgan fingerprint density at radius 2 is 1.59 bits per heavy atom. The first-order chi connectivity index (χ1) is 7.99. The third-order valence-corrected chi connectivity index (χ3v) is 1.25. The molecule has 0 heterocycles. The molecule has 0 aromatic heterocycles. The molecule has 0 aromatic carbocycles. The lowest BCUT2D eigenvalue weighted by molar-refractivity contribution is 0.562. The van der Waals surface area contributed by atoms with Crippen molar-refractivity contribution in [2.45, 2.75) is 19.9 Å². The molecule has 0 rings (SSSR count). The summed E-state index contributed by atoms with van der Waals surface area (Å²) in [6.45, 7) is 4.18. The summed E-state index contributed by atoms with van der Waals surface area (Å²) < 4.78 is 0. The van der Waals surface area contributed by atoms with Crippen molar-refractivity contribution in [2.24, 2.45) is 20.7 Å². The van der Waals surface area contributed by atoms with E-state index in [9.17, 15) is 0 Å². The maximum atomic E-state index is 4.50. The molecule has 6 nitrogen and oxygen atoms in total. The van der Waals surface area contributed by atoms with Crippen molar-refractivity contribution in [1.82, 2.24) is 10.2 Å². The number of nitrogens with two attached hydrogens (primary N) is 1. The summed E-state index contributed by atoms with van der Waals surface area (Å²) in [6, 6.07) is 2.81. The Morgan fingerprint density at radius 1 is 1.18 bits per heavy atom. The van der Waals surface area contributed by atoms with E-state index < -0.39 is 0 Å². The second kappa shape index (κ2) is 17.0. The molecule has 0 bridgehead atoms. The van der Waals surface area contributed by atoms with Crippen LogP contribution in [0.5, 0.6) is 0 Å². The second-order valence-electron chi connectivity index (χ2n) is 3.29. The zero-order chi connectivity index (χ0) is 14.3. The summed E-state index contributed by atoms with van der Waals surface area (Å²) in [5.74, 6) is 0.926. The van der Waals surface area contributed by atoms with Crippen LogP contribution in [0.4, 0.5) is 0 Å². The number of guanidine groups is 1. The standard InChI is InChI=1S/C7H17N3.C3H6N2.CH5N.H2/c1-6(2)9-7(8-3)10(4)5;1-4-3-5-2;1-2;/h6H,1-5H3,(H,8,9);1-2H3;2H2,1H3;1H/i;;;1+1. The average Bonchev–Trinajstić information content (AvgIpc) is 2.30. The van der Waals surface area contributed by atoms with Crippen LogP contribution >= 0.6 is 0 Å². The van der Waals surface area contributed by atoms with E-state index in [1.165, 1.54) is 7.05 Å². The third kappa shape index (κ3) is 20.6. The molecule has 104 valence electrons.